The van der Waals surface area contributed by atoms with Crippen LogP contribution in [0, 0.1) is 0 Å². The molecule has 0 bridgehead atoms. The van der Waals surface area contributed by atoms with Gasteiger partial charge in [0.1, 0.15) is 0 Å². The number of aromatic nitrogens is 1. The number of para-hydroxylation sites is 2. The fourth-order valence-corrected chi connectivity index (χ4v) is 15.2. The number of anilines is 6. The van der Waals surface area contributed by atoms with Gasteiger partial charge in [0, 0.05) is 61.5 Å². The van der Waals surface area contributed by atoms with Crippen molar-refractivity contribution in [3.63, 3.8) is 0 Å². The first-order valence-electron chi connectivity index (χ1n) is 32.4. The van der Waals surface area contributed by atoms with Crippen molar-refractivity contribution >= 4 is 101 Å². The molecule has 92 heavy (non-hydrogen) atoms. The number of fused-ring (bicyclic) bond motifs is 9. The van der Waals surface area contributed by atoms with Gasteiger partial charge in [-0.1, -0.05) is 284 Å². The summed E-state index contributed by atoms with van der Waals surface area (Å²) in [6.45, 7) is 13.8. The maximum atomic E-state index is 2.66. The maximum Gasteiger partial charge on any atom is 0.252 e. The second-order valence-corrected chi connectivity index (χ2v) is 27.2. The molecular weight excluding hydrogens is 1110 g/mol. The summed E-state index contributed by atoms with van der Waals surface area (Å²) in [5.41, 5.74) is 28.3. The fraction of sp³-hybridized carbons (Fsp3) is 0.0909. The highest BCUT2D eigenvalue weighted by atomic mass is 15.2. The standard InChI is InChI=1S/C88H68BN3/c1-87(2,3)64-45-50-77-73(54-64)74-55-65(88(4,5)6)46-51-78(74)90(77)66-47-49-76-82(56-66)92(86-71(59-30-15-9-16-31-59)40-24-41-72(86)60-32-17-10-18-33-60)80-43-25-42-79-84(80)89(76)75-48-44-63(83-67-36-21-19-34-61(67)52-62-35-20-22-37-68(62)83)53-81(75)91(79)85-69(57-26-11-7-12-27-57)38-23-39-70(85)58-28-13-8-14-29-58/h7-56H,1-6H3. The average molecular weight is 1180 g/mol. The van der Waals surface area contributed by atoms with Crippen LogP contribution in [0.3, 0.4) is 0 Å². The Hall–Kier alpha value is -10.9. The Bertz CT molecular complexity index is 5180. The zero-order chi connectivity index (χ0) is 62.0. The first kappa shape index (κ1) is 55.2. The molecule has 1 aromatic heterocycles. The topological polar surface area (TPSA) is 11.4 Å². The largest absolute Gasteiger partial charge is 0.310 e. The molecule has 0 saturated heterocycles. The second-order valence-electron chi connectivity index (χ2n) is 27.2. The number of nitrogens with zero attached hydrogens (tertiary/aromatic N) is 3. The average Bonchev–Trinajstić information content (AvgIpc) is 0.743. The minimum Gasteiger partial charge on any atom is -0.310 e. The van der Waals surface area contributed by atoms with Crippen LogP contribution in [0.2, 0.25) is 0 Å². The predicted octanol–water partition coefficient (Wildman–Crippen LogP) is 22.1. The zero-order valence-corrected chi connectivity index (χ0v) is 52.8. The molecule has 4 heteroatoms. The highest BCUT2D eigenvalue weighted by molar-refractivity contribution is 7.00. The van der Waals surface area contributed by atoms with Crippen molar-refractivity contribution in [2.75, 3.05) is 9.80 Å². The fourth-order valence-electron chi connectivity index (χ4n) is 15.2. The van der Waals surface area contributed by atoms with Crippen LogP contribution in [0.5, 0.6) is 0 Å². The molecule has 0 amide bonds. The Labute approximate surface area is 539 Å². The third-order valence-corrected chi connectivity index (χ3v) is 19.7. The highest BCUT2D eigenvalue weighted by Gasteiger charge is 2.45. The summed E-state index contributed by atoms with van der Waals surface area (Å²) in [5, 5.41) is 7.45. The van der Waals surface area contributed by atoms with Gasteiger partial charge in [0.25, 0.3) is 6.71 Å². The van der Waals surface area contributed by atoms with Crippen LogP contribution in [0.4, 0.5) is 34.1 Å². The lowest BCUT2D eigenvalue weighted by Gasteiger charge is -2.45. The third kappa shape index (κ3) is 8.87. The van der Waals surface area contributed by atoms with Gasteiger partial charge in [-0.05, 0) is 154 Å². The van der Waals surface area contributed by atoms with Crippen molar-refractivity contribution in [3.05, 3.63) is 314 Å². The van der Waals surface area contributed by atoms with Crippen molar-refractivity contribution < 1.29 is 0 Å². The first-order valence-corrected chi connectivity index (χ1v) is 32.4. The summed E-state index contributed by atoms with van der Waals surface area (Å²) in [6, 6.07) is 114. The highest BCUT2D eigenvalue weighted by Crippen LogP contribution is 2.54. The van der Waals surface area contributed by atoms with Gasteiger partial charge in [0.2, 0.25) is 0 Å². The van der Waals surface area contributed by atoms with E-state index in [1.165, 1.54) is 82.0 Å². The van der Waals surface area contributed by atoms with Gasteiger partial charge in [0.05, 0.1) is 22.4 Å². The lowest BCUT2D eigenvalue weighted by Crippen LogP contribution is -2.61. The van der Waals surface area contributed by atoms with E-state index in [-0.39, 0.29) is 17.5 Å². The Balaban J connectivity index is 1.01. The van der Waals surface area contributed by atoms with Crippen molar-refractivity contribution in [1.82, 2.24) is 4.57 Å². The van der Waals surface area contributed by atoms with Crippen LogP contribution in [-0.4, -0.2) is 11.3 Å². The molecule has 17 rings (SSSR count). The Morgan fingerprint density at radius 2 is 0.674 bits per heavy atom. The van der Waals surface area contributed by atoms with Crippen molar-refractivity contribution in [3.8, 4) is 61.3 Å². The number of rotatable bonds is 8. The van der Waals surface area contributed by atoms with E-state index in [9.17, 15) is 0 Å². The minimum absolute atomic E-state index is 0.0343. The number of hydrogen-bond acceptors (Lipinski definition) is 2. The molecule has 0 aliphatic carbocycles. The van der Waals surface area contributed by atoms with Gasteiger partial charge >= 0.3 is 0 Å². The summed E-state index contributed by atoms with van der Waals surface area (Å²) in [6.07, 6.45) is 0. The number of benzene rings is 14. The summed E-state index contributed by atoms with van der Waals surface area (Å²) in [7, 11) is 0. The van der Waals surface area contributed by atoms with Crippen molar-refractivity contribution in [2.45, 2.75) is 52.4 Å². The molecule has 2 aliphatic heterocycles. The Morgan fingerprint density at radius 1 is 0.283 bits per heavy atom. The van der Waals surface area contributed by atoms with Crippen LogP contribution < -0.4 is 26.2 Å². The smallest absolute Gasteiger partial charge is 0.252 e. The summed E-state index contributed by atoms with van der Waals surface area (Å²) in [4.78, 5) is 5.31. The second kappa shape index (κ2) is 21.4. The third-order valence-electron chi connectivity index (χ3n) is 19.7. The Kier molecular flexibility index (Phi) is 12.8. The summed E-state index contributed by atoms with van der Waals surface area (Å²) >= 11 is 0. The van der Waals surface area contributed by atoms with E-state index in [1.54, 1.807) is 0 Å². The zero-order valence-electron chi connectivity index (χ0n) is 52.8. The molecule has 0 radical (unpaired) electrons. The quantitative estimate of drug-likeness (QED) is 0.111. The lowest BCUT2D eigenvalue weighted by atomic mass is 9.33. The van der Waals surface area contributed by atoms with E-state index >= 15 is 0 Å². The van der Waals surface area contributed by atoms with E-state index in [2.05, 4.69) is 359 Å². The first-order chi connectivity index (χ1) is 44.9. The van der Waals surface area contributed by atoms with Crippen molar-refractivity contribution in [1.29, 1.82) is 0 Å². The molecule has 0 unspecified atom stereocenters. The van der Waals surface area contributed by atoms with Gasteiger partial charge in [-0.25, -0.2) is 0 Å². The molecule has 0 N–H and O–H groups in total. The SMILES string of the molecule is CC(C)(C)c1ccc2c(c1)c1cc(C(C)(C)C)ccc1n2-c1ccc2c(c1)N(c1c(-c3ccccc3)cccc1-c1ccccc1)c1cccc3c1B2c1ccc(-c2c4ccccc4cc4ccccc24)cc1N3c1c(-c2ccccc2)cccc1-c1ccccc1. The summed E-state index contributed by atoms with van der Waals surface area (Å²) < 4.78 is 2.54. The van der Waals surface area contributed by atoms with Crippen molar-refractivity contribution in [2.24, 2.45) is 0 Å². The monoisotopic (exact) mass is 1180 g/mol. The molecule has 438 valence electrons. The molecule has 2 aliphatic rings. The van der Waals surface area contributed by atoms with Gasteiger partial charge in [-0.3, -0.25) is 0 Å². The van der Waals surface area contributed by atoms with E-state index in [0.29, 0.717) is 0 Å². The summed E-state index contributed by atoms with van der Waals surface area (Å²) in [5.74, 6) is 0. The number of hydrogen-bond donors (Lipinski definition) is 0. The van der Waals surface area contributed by atoms with Gasteiger partial charge in [-0.2, -0.15) is 0 Å². The van der Waals surface area contributed by atoms with Crippen LogP contribution >= 0.6 is 0 Å². The predicted molar refractivity (Wildman–Crippen MR) is 394 cm³/mol. The Morgan fingerprint density at radius 3 is 1.11 bits per heavy atom. The molecule has 14 aromatic carbocycles. The van der Waals surface area contributed by atoms with E-state index in [1.807, 2.05) is 0 Å². The van der Waals surface area contributed by atoms with E-state index in [0.717, 1.165) is 84.3 Å². The molecule has 0 spiro atoms. The van der Waals surface area contributed by atoms with Gasteiger partial charge < -0.3 is 14.4 Å². The lowest BCUT2D eigenvalue weighted by molar-refractivity contribution is 0.590. The molecule has 0 fully saturated rings. The molecule has 0 atom stereocenters. The molecule has 15 aromatic rings. The normalized spacial score (nSPS) is 12.8. The molecule has 3 heterocycles. The molecular formula is C88H68BN3. The van der Waals surface area contributed by atoms with E-state index < -0.39 is 0 Å². The minimum atomic E-state index is -0.180. The molecule has 0 saturated carbocycles. The van der Waals surface area contributed by atoms with Crippen LogP contribution in [0.1, 0.15) is 52.7 Å². The van der Waals surface area contributed by atoms with E-state index in [4.69, 9.17) is 0 Å². The van der Waals surface area contributed by atoms with Crippen LogP contribution in [-0.2, 0) is 10.8 Å². The van der Waals surface area contributed by atoms with Gasteiger partial charge in [0.15, 0.2) is 0 Å². The van der Waals surface area contributed by atoms with Gasteiger partial charge in [-0.15, -0.1) is 0 Å². The maximum absolute atomic E-state index is 2.66. The van der Waals surface area contributed by atoms with Crippen LogP contribution in [0.25, 0.3) is 105 Å². The van der Waals surface area contributed by atoms with Crippen LogP contribution in [0.15, 0.2) is 303 Å². The molecule has 3 nitrogen and oxygen atoms in total.